The van der Waals surface area contributed by atoms with Crippen LogP contribution in [0.4, 0.5) is 5.88 Å². The van der Waals surface area contributed by atoms with Gasteiger partial charge in [0.25, 0.3) is 0 Å². The van der Waals surface area contributed by atoms with Crippen LogP contribution in [-0.2, 0) is 6.42 Å². The third-order valence-electron chi connectivity index (χ3n) is 4.30. The molecule has 0 bridgehead atoms. The van der Waals surface area contributed by atoms with E-state index in [9.17, 15) is 0 Å². The Bertz CT molecular complexity index is 402. The number of nitrogens with one attached hydrogen (secondary N) is 1. The normalized spacial score (nSPS) is 25.3. The molecule has 2 aliphatic rings. The molecular weight excluding hydrogens is 226 g/mol. The molecule has 18 heavy (non-hydrogen) atoms. The van der Waals surface area contributed by atoms with Crippen molar-refractivity contribution in [3.8, 4) is 0 Å². The summed E-state index contributed by atoms with van der Waals surface area (Å²) in [6, 6.07) is 0. The minimum atomic E-state index is 0.575. The molecule has 1 fully saturated rings. The summed E-state index contributed by atoms with van der Waals surface area (Å²) in [5.74, 6) is 1.52. The predicted molar refractivity (Wildman–Crippen MR) is 72.0 cm³/mol. The first-order valence-electron chi connectivity index (χ1n) is 7.33. The summed E-state index contributed by atoms with van der Waals surface area (Å²) in [7, 11) is 0. The highest BCUT2D eigenvalue weighted by Crippen LogP contribution is 2.33. The maximum atomic E-state index is 5.51. The minimum Gasteiger partial charge on any atom is -0.354 e. The molecule has 3 heterocycles. The van der Waals surface area contributed by atoms with Crippen LogP contribution < -0.4 is 5.32 Å². The SMILES string of the molecule is CCN1CCCC(c2noc3c2CCCCN3)C1. The molecule has 0 saturated carbocycles. The topological polar surface area (TPSA) is 41.3 Å². The molecule has 4 heteroatoms. The highest BCUT2D eigenvalue weighted by atomic mass is 16.5. The third kappa shape index (κ3) is 2.26. The fourth-order valence-electron chi connectivity index (χ4n) is 3.22. The van der Waals surface area contributed by atoms with E-state index in [0.29, 0.717) is 5.92 Å². The van der Waals surface area contributed by atoms with Crippen LogP contribution in [0.2, 0.25) is 0 Å². The van der Waals surface area contributed by atoms with Crippen molar-refractivity contribution in [3.63, 3.8) is 0 Å². The molecule has 1 aromatic rings. The highest BCUT2D eigenvalue weighted by Gasteiger charge is 2.28. The van der Waals surface area contributed by atoms with E-state index in [4.69, 9.17) is 4.52 Å². The zero-order valence-electron chi connectivity index (χ0n) is 11.2. The van der Waals surface area contributed by atoms with Crippen LogP contribution in [-0.4, -0.2) is 36.2 Å². The Hall–Kier alpha value is -1.03. The van der Waals surface area contributed by atoms with E-state index in [1.165, 1.54) is 43.5 Å². The fourth-order valence-corrected chi connectivity index (χ4v) is 3.22. The molecule has 0 amide bonds. The Kier molecular flexibility index (Phi) is 3.55. The number of aromatic nitrogens is 1. The van der Waals surface area contributed by atoms with Crippen LogP contribution in [0.3, 0.4) is 0 Å². The van der Waals surface area contributed by atoms with Crippen molar-refractivity contribution in [2.24, 2.45) is 0 Å². The van der Waals surface area contributed by atoms with Gasteiger partial charge in [-0.05, 0) is 45.2 Å². The second-order valence-corrected chi connectivity index (χ2v) is 5.49. The largest absolute Gasteiger partial charge is 0.354 e. The molecule has 1 aromatic heterocycles. The molecule has 1 atom stereocenters. The summed E-state index contributed by atoms with van der Waals surface area (Å²) < 4.78 is 5.51. The summed E-state index contributed by atoms with van der Waals surface area (Å²) >= 11 is 0. The number of hydrogen-bond donors (Lipinski definition) is 1. The van der Waals surface area contributed by atoms with Crippen molar-refractivity contribution in [1.82, 2.24) is 10.1 Å². The van der Waals surface area contributed by atoms with Crippen LogP contribution in [0.1, 0.15) is 49.8 Å². The number of fused-ring (bicyclic) bond motifs is 1. The van der Waals surface area contributed by atoms with E-state index in [1.807, 2.05) is 0 Å². The lowest BCUT2D eigenvalue weighted by molar-refractivity contribution is 0.213. The number of hydrogen-bond acceptors (Lipinski definition) is 4. The molecule has 1 saturated heterocycles. The molecule has 1 N–H and O–H groups in total. The van der Waals surface area contributed by atoms with Crippen LogP contribution in [0, 0.1) is 0 Å². The lowest BCUT2D eigenvalue weighted by Gasteiger charge is -2.31. The van der Waals surface area contributed by atoms with E-state index in [1.54, 1.807) is 0 Å². The Morgan fingerprint density at radius 1 is 1.39 bits per heavy atom. The molecule has 0 aliphatic carbocycles. The molecule has 4 nitrogen and oxygen atoms in total. The summed E-state index contributed by atoms with van der Waals surface area (Å²) in [5, 5.41) is 7.73. The van der Waals surface area contributed by atoms with Gasteiger partial charge in [0.2, 0.25) is 5.88 Å². The van der Waals surface area contributed by atoms with Crippen molar-refractivity contribution in [3.05, 3.63) is 11.3 Å². The van der Waals surface area contributed by atoms with Crippen molar-refractivity contribution in [2.75, 3.05) is 31.5 Å². The van der Waals surface area contributed by atoms with Crippen LogP contribution in [0.25, 0.3) is 0 Å². The number of nitrogens with zero attached hydrogens (tertiary/aromatic N) is 2. The minimum absolute atomic E-state index is 0.575. The molecular formula is C14H23N3O. The smallest absolute Gasteiger partial charge is 0.228 e. The molecule has 0 aromatic carbocycles. The van der Waals surface area contributed by atoms with Gasteiger partial charge in [0.1, 0.15) is 0 Å². The number of anilines is 1. The average molecular weight is 249 g/mol. The van der Waals surface area contributed by atoms with Crippen molar-refractivity contribution in [2.45, 2.75) is 44.9 Å². The van der Waals surface area contributed by atoms with Gasteiger partial charge in [-0.25, -0.2) is 0 Å². The van der Waals surface area contributed by atoms with Gasteiger partial charge in [-0.3, -0.25) is 0 Å². The maximum absolute atomic E-state index is 5.51. The van der Waals surface area contributed by atoms with Gasteiger partial charge in [-0.15, -0.1) is 0 Å². The Balaban J connectivity index is 1.81. The molecule has 0 radical (unpaired) electrons. The molecule has 1 unspecified atom stereocenters. The summed E-state index contributed by atoms with van der Waals surface area (Å²) in [6.45, 7) is 6.80. The number of likely N-dealkylation sites (N-methyl/N-ethyl adjacent to an activating group) is 1. The van der Waals surface area contributed by atoms with Gasteiger partial charge >= 0.3 is 0 Å². The van der Waals surface area contributed by atoms with Crippen molar-refractivity contribution >= 4 is 5.88 Å². The van der Waals surface area contributed by atoms with Crippen LogP contribution in [0.15, 0.2) is 4.52 Å². The molecule has 0 spiro atoms. The average Bonchev–Trinajstić information content (AvgIpc) is 2.68. The quantitative estimate of drug-likeness (QED) is 0.875. The fraction of sp³-hybridized carbons (Fsp3) is 0.786. The van der Waals surface area contributed by atoms with Crippen molar-refractivity contribution in [1.29, 1.82) is 0 Å². The highest BCUT2D eigenvalue weighted by molar-refractivity contribution is 5.45. The first-order valence-corrected chi connectivity index (χ1v) is 7.33. The second-order valence-electron chi connectivity index (χ2n) is 5.49. The number of piperidine rings is 1. The van der Waals surface area contributed by atoms with E-state index in [2.05, 4.69) is 22.3 Å². The lowest BCUT2D eigenvalue weighted by atomic mass is 9.91. The third-order valence-corrected chi connectivity index (χ3v) is 4.30. The Labute approximate surface area is 109 Å². The second kappa shape index (κ2) is 5.31. The van der Waals surface area contributed by atoms with Gasteiger partial charge in [0, 0.05) is 24.6 Å². The van der Waals surface area contributed by atoms with Gasteiger partial charge < -0.3 is 14.7 Å². The van der Waals surface area contributed by atoms with Gasteiger partial charge in [-0.2, -0.15) is 0 Å². The summed E-state index contributed by atoms with van der Waals surface area (Å²) in [4.78, 5) is 2.53. The number of likely N-dealkylation sites (tertiary alicyclic amines) is 1. The molecule has 2 aliphatic heterocycles. The monoisotopic (exact) mass is 249 g/mol. The van der Waals surface area contributed by atoms with Crippen LogP contribution in [0.5, 0.6) is 0 Å². The standard InChI is InChI=1S/C14H23N3O/c1-2-17-9-5-6-11(10-17)13-12-7-3-4-8-15-14(12)18-16-13/h11,15H,2-10H2,1H3. The number of rotatable bonds is 2. The Morgan fingerprint density at radius 2 is 2.33 bits per heavy atom. The lowest BCUT2D eigenvalue weighted by Crippen LogP contribution is -2.34. The predicted octanol–water partition coefficient (Wildman–Crippen LogP) is 2.62. The zero-order valence-corrected chi connectivity index (χ0v) is 11.2. The van der Waals surface area contributed by atoms with Gasteiger partial charge in [-0.1, -0.05) is 12.1 Å². The van der Waals surface area contributed by atoms with E-state index in [0.717, 1.165) is 31.9 Å². The molecule has 3 rings (SSSR count). The molecule has 100 valence electrons. The first-order chi connectivity index (χ1) is 8.88. The van der Waals surface area contributed by atoms with Crippen molar-refractivity contribution < 1.29 is 4.52 Å². The van der Waals surface area contributed by atoms with Crippen LogP contribution >= 0.6 is 0 Å². The Morgan fingerprint density at radius 3 is 3.22 bits per heavy atom. The summed E-state index contributed by atoms with van der Waals surface area (Å²) in [6.07, 6.45) is 6.15. The first kappa shape index (κ1) is 12.0. The maximum Gasteiger partial charge on any atom is 0.228 e. The van der Waals surface area contributed by atoms with E-state index >= 15 is 0 Å². The summed E-state index contributed by atoms with van der Waals surface area (Å²) in [5.41, 5.74) is 2.59. The van der Waals surface area contributed by atoms with Gasteiger partial charge in [0.15, 0.2) is 0 Å². The van der Waals surface area contributed by atoms with Gasteiger partial charge in [0.05, 0.1) is 5.69 Å². The zero-order chi connectivity index (χ0) is 12.4. The van der Waals surface area contributed by atoms with E-state index < -0.39 is 0 Å². The van der Waals surface area contributed by atoms with E-state index in [-0.39, 0.29) is 0 Å².